The minimum absolute atomic E-state index is 0.303. The first-order valence-corrected chi connectivity index (χ1v) is 6.34. The van der Waals surface area contributed by atoms with Gasteiger partial charge in [0.05, 0.1) is 0 Å². The second kappa shape index (κ2) is 5.58. The van der Waals surface area contributed by atoms with Crippen molar-refractivity contribution in [2.75, 3.05) is 7.05 Å². The molecule has 94 valence electrons. The molecule has 1 aromatic carbocycles. The molecule has 1 aromatic rings. The minimum atomic E-state index is -0.761. The zero-order valence-corrected chi connectivity index (χ0v) is 10.2. The fourth-order valence-corrected chi connectivity index (χ4v) is 2.80. The predicted octanol–water partition coefficient (Wildman–Crippen LogP) is 3.60. The van der Waals surface area contributed by atoms with Gasteiger partial charge in [-0.25, -0.2) is 8.78 Å². The van der Waals surface area contributed by atoms with Crippen LogP contribution in [0.1, 0.15) is 43.6 Å². The highest BCUT2D eigenvalue weighted by Crippen LogP contribution is 2.32. The lowest BCUT2D eigenvalue weighted by Crippen LogP contribution is -2.31. The Hall–Kier alpha value is -0.960. The van der Waals surface area contributed by atoms with Crippen LogP contribution in [0.25, 0.3) is 0 Å². The molecule has 17 heavy (non-hydrogen) atoms. The van der Waals surface area contributed by atoms with Crippen molar-refractivity contribution in [3.05, 3.63) is 35.4 Å². The summed E-state index contributed by atoms with van der Waals surface area (Å²) in [5.41, 5.74) is 0.921. The van der Waals surface area contributed by atoms with Crippen LogP contribution in [-0.4, -0.2) is 13.1 Å². The van der Waals surface area contributed by atoms with Crippen LogP contribution in [0, 0.1) is 11.6 Å². The number of rotatable bonds is 2. The van der Waals surface area contributed by atoms with Gasteiger partial charge in [0.15, 0.2) is 11.6 Å². The van der Waals surface area contributed by atoms with Crippen molar-refractivity contribution in [3.8, 4) is 0 Å². The van der Waals surface area contributed by atoms with Gasteiger partial charge in [-0.2, -0.15) is 0 Å². The summed E-state index contributed by atoms with van der Waals surface area (Å²) in [5, 5.41) is 3.31. The number of nitrogens with one attached hydrogen (secondary N) is 1. The van der Waals surface area contributed by atoms with Gasteiger partial charge < -0.3 is 5.32 Å². The van der Waals surface area contributed by atoms with Crippen LogP contribution in [0.4, 0.5) is 8.78 Å². The Bertz CT molecular complexity index is 378. The molecule has 1 aliphatic carbocycles. The highest BCUT2D eigenvalue weighted by atomic mass is 19.2. The van der Waals surface area contributed by atoms with Crippen LogP contribution in [-0.2, 0) is 0 Å². The molecule has 0 aliphatic heterocycles. The number of halogens is 2. The third-order valence-corrected chi connectivity index (χ3v) is 3.76. The van der Waals surface area contributed by atoms with Gasteiger partial charge in [-0.1, -0.05) is 25.3 Å². The highest BCUT2D eigenvalue weighted by molar-refractivity contribution is 5.23. The lowest BCUT2D eigenvalue weighted by molar-refractivity contribution is 0.434. The predicted molar refractivity (Wildman–Crippen MR) is 65.0 cm³/mol. The van der Waals surface area contributed by atoms with E-state index in [2.05, 4.69) is 5.32 Å². The Labute approximate surface area is 101 Å². The molecule has 1 fully saturated rings. The Balaban J connectivity index is 2.25. The van der Waals surface area contributed by atoms with Gasteiger partial charge in [0.2, 0.25) is 0 Å². The summed E-state index contributed by atoms with van der Waals surface area (Å²) in [6, 6.07) is 4.69. The van der Waals surface area contributed by atoms with Crippen molar-refractivity contribution >= 4 is 0 Å². The molecule has 0 amide bonds. The summed E-state index contributed by atoms with van der Waals surface area (Å²) >= 11 is 0. The fraction of sp³-hybridized carbons (Fsp3) is 0.571. The van der Waals surface area contributed by atoms with Crippen LogP contribution in [0.3, 0.4) is 0 Å². The lowest BCUT2D eigenvalue weighted by Gasteiger charge is -2.25. The quantitative estimate of drug-likeness (QED) is 0.777. The fourth-order valence-electron chi connectivity index (χ4n) is 2.80. The first-order chi connectivity index (χ1) is 8.22. The van der Waals surface area contributed by atoms with Gasteiger partial charge >= 0.3 is 0 Å². The van der Waals surface area contributed by atoms with Gasteiger partial charge in [0.25, 0.3) is 0 Å². The molecule has 0 aromatic heterocycles. The van der Waals surface area contributed by atoms with Crippen LogP contribution in [0.5, 0.6) is 0 Å². The Kier molecular flexibility index (Phi) is 4.11. The molecule has 0 heterocycles. The first kappa shape index (κ1) is 12.5. The number of hydrogen-bond donors (Lipinski definition) is 1. The van der Waals surface area contributed by atoms with Crippen molar-refractivity contribution < 1.29 is 8.78 Å². The van der Waals surface area contributed by atoms with E-state index in [0.29, 0.717) is 12.0 Å². The monoisotopic (exact) mass is 239 g/mol. The van der Waals surface area contributed by atoms with Crippen molar-refractivity contribution in [1.82, 2.24) is 5.32 Å². The van der Waals surface area contributed by atoms with E-state index < -0.39 is 11.6 Å². The summed E-state index contributed by atoms with van der Waals surface area (Å²) in [6.45, 7) is 0. The van der Waals surface area contributed by atoms with Gasteiger partial charge in [-0.3, -0.25) is 0 Å². The van der Waals surface area contributed by atoms with E-state index in [0.717, 1.165) is 18.4 Å². The second-order valence-electron chi connectivity index (χ2n) is 4.81. The van der Waals surface area contributed by atoms with E-state index in [9.17, 15) is 8.78 Å². The topological polar surface area (TPSA) is 12.0 Å². The standard InChI is InChI=1S/C14H19F2N/c1-17-14-6-4-2-3-5-11(14)10-7-8-12(15)13(16)9-10/h7-9,11,14,17H,2-6H2,1H3. The molecule has 1 aliphatic rings. The Morgan fingerprint density at radius 2 is 1.82 bits per heavy atom. The van der Waals surface area contributed by atoms with Crippen molar-refractivity contribution in [3.63, 3.8) is 0 Å². The molecule has 1 nitrogen and oxygen atoms in total. The molecule has 0 saturated heterocycles. The van der Waals surface area contributed by atoms with E-state index in [1.807, 2.05) is 7.05 Å². The molecule has 0 bridgehead atoms. The van der Waals surface area contributed by atoms with Crippen molar-refractivity contribution in [2.24, 2.45) is 0 Å². The highest BCUT2D eigenvalue weighted by Gasteiger charge is 2.24. The zero-order valence-electron chi connectivity index (χ0n) is 10.2. The summed E-state index contributed by atoms with van der Waals surface area (Å²) < 4.78 is 26.2. The third kappa shape index (κ3) is 2.83. The Morgan fingerprint density at radius 1 is 1.06 bits per heavy atom. The summed E-state index contributed by atoms with van der Waals surface area (Å²) in [6.07, 6.45) is 5.78. The van der Waals surface area contributed by atoms with Gasteiger partial charge in [-0.05, 0) is 43.5 Å². The van der Waals surface area contributed by atoms with Crippen LogP contribution in [0.15, 0.2) is 18.2 Å². The van der Waals surface area contributed by atoms with Crippen LogP contribution in [0.2, 0.25) is 0 Å². The van der Waals surface area contributed by atoms with Crippen molar-refractivity contribution in [2.45, 2.75) is 44.1 Å². The van der Waals surface area contributed by atoms with Gasteiger partial charge in [0, 0.05) is 6.04 Å². The normalized spacial score (nSPS) is 25.6. The number of hydrogen-bond acceptors (Lipinski definition) is 1. The average molecular weight is 239 g/mol. The maximum Gasteiger partial charge on any atom is 0.159 e. The maximum atomic E-state index is 13.3. The molecule has 0 spiro atoms. The molecule has 1 N–H and O–H groups in total. The van der Waals surface area contributed by atoms with E-state index in [1.54, 1.807) is 6.07 Å². The summed E-state index contributed by atoms with van der Waals surface area (Å²) in [5.74, 6) is -1.19. The van der Waals surface area contributed by atoms with Gasteiger partial charge in [0.1, 0.15) is 0 Å². The third-order valence-electron chi connectivity index (χ3n) is 3.76. The largest absolute Gasteiger partial charge is 0.316 e. The second-order valence-corrected chi connectivity index (χ2v) is 4.81. The molecular weight excluding hydrogens is 220 g/mol. The minimum Gasteiger partial charge on any atom is -0.316 e. The molecule has 2 atom stereocenters. The first-order valence-electron chi connectivity index (χ1n) is 6.34. The van der Waals surface area contributed by atoms with E-state index in [1.165, 1.54) is 31.4 Å². The van der Waals surface area contributed by atoms with E-state index in [-0.39, 0.29) is 0 Å². The van der Waals surface area contributed by atoms with E-state index >= 15 is 0 Å². The SMILES string of the molecule is CNC1CCCCCC1c1ccc(F)c(F)c1. The van der Waals surface area contributed by atoms with Crippen LogP contribution < -0.4 is 5.32 Å². The van der Waals surface area contributed by atoms with Crippen molar-refractivity contribution in [1.29, 1.82) is 0 Å². The molecular formula is C14H19F2N. The molecule has 3 heteroatoms. The molecule has 2 unspecified atom stereocenters. The lowest BCUT2D eigenvalue weighted by atomic mass is 9.87. The Morgan fingerprint density at radius 3 is 2.53 bits per heavy atom. The summed E-state index contributed by atoms with van der Waals surface area (Å²) in [7, 11) is 1.95. The average Bonchev–Trinajstić information content (AvgIpc) is 2.57. The zero-order chi connectivity index (χ0) is 12.3. The maximum absolute atomic E-state index is 13.3. The van der Waals surface area contributed by atoms with E-state index in [4.69, 9.17) is 0 Å². The molecule has 1 saturated carbocycles. The molecule has 2 rings (SSSR count). The number of benzene rings is 1. The van der Waals surface area contributed by atoms with Gasteiger partial charge in [-0.15, -0.1) is 0 Å². The smallest absolute Gasteiger partial charge is 0.159 e. The summed E-state index contributed by atoms with van der Waals surface area (Å²) in [4.78, 5) is 0. The van der Waals surface area contributed by atoms with Crippen LogP contribution >= 0.6 is 0 Å². The number of likely N-dealkylation sites (N-methyl/N-ethyl adjacent to an activating group) is 1. The molecule has 0 radical (unpaired) electrons.